The molecule has 0 N–H and O–H groups in total. The smallest absolute Gasteiger partial charge is 0.161 e. The molecule has 0 amide bonds. The Morgan fingerprint density at radius 2 is 1.79 bits per heavy atom. The molecule has 0 bridgehead atoms. The van der Waals surface area contributed by atoms with Crippen molar-refractivity contribution < 1.29 is 14.2 Å². The standard InChI is InChI=1S/C22H24N2O3S/c1-25-19-6-4-5-16(9-19)22-23-18(14-28-22)13-24-8-7-15-10-20(26-2)21(27-3)11-17(15)12-24/h4-6,9-11,14H,7-8,12-13H2,1-3H3. The van der Waals surface area contributed by atoms with Gasteiger partial charge in [0.05, 0.1) is 27.0 Å². The lowest BCUT2D eigenvalue weighted by atomic mass is 9.98. The molecule has 0 radical (unpaired) electrons. The van der Waals surface area contributed by atoms with Gasteiger partial charge in [-0.2, -0.15) is 0 Å². The first-order valence-electron chi connectivity index (χ1n) is 9.25. The van der Waals surface area contributed by atoms with Crippen molar-refractivity contribution in [1.82, 2.24) is 9.88 Å². The second kappa shape index (κ2) is 8.20. The van der Waals surface area contributed by atoms with E-state index in [1.54, 1.807) is 32.7 Å². The summed E-state index contributed by atoms with van der Waals surface area (Å²) in [5.41, 5.74) is 4.83. The highest BCUT2D eigenvalue weighted by Crippen LogP contribution is 2.34. The third kappa shape index (κ3) is 3.84. The predicted octanol–water partition coefficient (Wildman–Crippen LogP) is 4.39. The summed E-state index contributed by atoms with van der Waals surface area (Å²) in [6.45, 7) is 2.74. The van der Waals surface area contributed by atoms with Crippen LogP contribution >= 0.6 is 11.3 Å². The van der Waals surface area contributed by atoms with Gasteiger partial charge >= 0.3 is 0 Å². The molecule has 0 atom stereocenters. The van der Waals surface area contributed by atoms with Crippen LogP contribution in [0.25, 0.3) is 10.6 Å². The number of fused-ring (bicyclic) bond motifs is 1. The van der Waals surface area contributed by atoms with Crippen LogP contribution in [0.5, 0.6) is 17.2 Å². The lowest BCUT2D eigenvalue weighted by Gasteiger charge is -2.29. The Hall–Kier alpha value is -2.57. The summed E-state index contributed by atoms with van der Waals surface area (Å²) < 4.78 is 16.2. The van der Waals surface area contributed by atoms with Crippen LogP contribution in [0.1, 0.15) is 16.8 Å². The average molecular weight is 397 g/mol. The second-order valence-corrected chi connectivity index (χ2v) is 7.67. The minimum atomic E-state index is 0.789. The van der Waals surface area contributed by atoms with E-state index in [-0.39, 0.29) is 0 Å². The molecular weight excluding hydrogens is 372 g/mol. The first-order chi connectivity index (χ1) is 13.7. The number of hydrogen-bond donors (Lipinski definition) is 0. The highest BCUT2D eigenvalue weighted by Gasteiger charge is 2.20. The average Bonchev–Trinajstić information content (AvgIpc) is 3.21. The van der Waals surface area contributed by atoms with Crippen LogP contribution < -0.4 is 14.2 Å². The zero-order chi connectivity index (χ0) is 19.5. The van der Waals surface area contributed by atoms with Gasteiger partial charge in [0.25, 0.3) is 0 Å². The first-order valence-corrected chi connectivity index (χ1v) is 10.1. The molecule has 1 aliphatic rings. The van der Waals surface area contributed by atoms with E-state index in [1.807, 2.05) is 18.2 Å². The molecule has 2 heterocycles. The Bertz CT molecular complexity index is 970. The fraction of sp³-hybridized carbons (Fsp3) is 0.318. The van der Waals surface area contributed by atoms with Gasteiger partial charge in [-0.05, 0) is 41.8 Å². The maximum Gasteiger partial charge on any atom is 0.161 e. The fourth-order valence-electron chi connectivity index (χ4n) is 3.57. The van der Waals surface area contributed by atoms with Gasteiger partial charge in [-0.1, -0.05) is 12.1 Å². The van der Waals surface area contributed by atoms with Crippen LogP contribution in [0.4, 0.5) is 0 Å². The summed E-state index contributed by atoms with van der Waals surface area (Å²) in [5.74, 6) is 2.44. The largest absolute Gasteiger partial charge is 0.497 e. The van der Waals surface area contributed by atoms with Crippen LogP contribution in [-0.2, 0) is 19.5 Å². The Labute approximate surface area is 169 Å². The Morgan fingerprint density at radius 1 is 1.00 bits per heavy atom. The van der Waals surface area contributed by atoms with Crippen LogP contribution in [0, 0.1) is 0 Å². The van der Waals surface area contributed by atoms with Crippen molar-refractivity contribution in [2.75, 3.05) is 27.9 Å². The molecule has 0 saturated carbocycles. The Morgan fingerprint density at radius 3 is 2.54 bits per heavy atom. The van der Waals surface area contributed by atoms with E-state index in [0.29, 0.717) is 0 Å². The lowest BCUT2D eigenvalue weighted by molar-refractivity contribution is 0.242. The van der Waals surface area contributed by atoms with E-state index in [4.69, 9.17) is 19.2 Å². The monoisotopic (exact) mass is 396 g/mol. The molecule has 146 valence electrons. The normalized spacial score (nSPS) is 13.8. The zero-order valence-corrected chi connectivity index (χ0v) is 17.2. The van der Waals surface area contributed by atoms with Crippen LogP contribution in [0.15, 0.2) is 41.8 Å². The van der Waals surface area contributed by atoms with Gasteiger partial charge < -0.3 is 14.2 Å². The molecule has 4 rings (SSSR count). The molecule has 0 unspecified atom stereocenters. The number of thiazole rings is 1. The molecule has 0 saturated heterocycles. The van der Waals surface area contributed by atoms with Crippen LogP contribution in [0.2, 0.25) is 0 Å². The number of benzene rings is 2. The fourth-order valence-corrected chi connectivity index (χ4v) is 4.38. The van der Waals surface area contributed by atoms with Gasteiger partial charge in [-0.3, -0.25) is 4.90 Å². The molecule has 0 aliphatic carbocycles. The van der Waals surface area contributed by atoms with Gasteiger partial charge in [0, 0.05) is 30.6 Å². The van der Waals surface area contributed by atoms with Crippen molar-refractivity contribution in [1.29, 1.82) is 0 Å². The summed E-state index contributed by atoms with van der Waals surface area (Å²) in [5, 5.41) is 3.18. The predicted molar refractivity (Wildman–Crippen MR) is 111 cm³/mol. The number of methoxy groups -OCH3 is 3. The molecule has 3 aromatic rings. The number of hydrogen-bond acceptors (Lipinski definition) is 6. The molecule has 5 nitrogen and oxygen atoms in total. The third-order valence-electron chi connectivity index (χ3n) is 5.05. The van der Waals surface area contributed by atoms with Crippen molar-refractivity contribution in [3.05, 3.63) is 58.6 Å². The maximum absolute atomic E-state index is 5.46. The van der Waals surface area contributed by atoms with Crippen LogP contribution in [-0.4, -0.2) is 37.8 Å². The highest BCUT2D eigenvalue weighted by molar-refractivity contribution is 7.13. The SMILES string of the molecule is COc1cccc(-c2nc(CN3CCc4cc(OC)c(OC)cc4C3)cs2)c1. The van der Waals surface area contributed by atoms with Crippen molar-refractivity contribution in [2.45, 2.75) is 19.5 Å². The molecule has 1 aromatic heterocycles. The van der Waals surface area contributed by atoms with Crippen molar-refractivity contribution in [3.8, 4) is 27.8 Å². The molecule has 1 aliphatic heterocycles. The number of nitrogens with zero attached hydrogens (tertiary/aromatic N) is 2. The van der Waals surface area contributed by atoms with Gasteiger partial charge in [0.2, 0.25) is 0 Å². The zero-order valence-electron chi connectivity index (χ0n) is 16.4. The molecule has 28 heavy (non-hydrogen) atoms. The number of rotatable bonds is 6. The van der Waals surface area contributed by atoms with Gasteiger partial charge in [-0.25, -0.2) is 4.98 Å². The summed E-state index contributed by atoms with van der Waals surface area (Å²) in [7, 11) is 5.05. The Balaban J connectivity index is 1.48. The summed E-state index contributed by atoms with van der Waals surface area (Å²) in [6.07, 6.45) is 1.00. The van der Waals surface area contributed by atoms with E-state index in [0.717, 1.165) is 59.6 Å². The van der Waals surface area contributed by atoms with E-state index < -0.39 is 0 Å². The van der Waals surface area contributed by atoms with Crippen molar-refractivity contribution in [3.63, 3.8) is 0 Å². The third-order valence-corrected chi connectivity index (χ3v) is 5.99. The van der Waals surface area contributed by atoms with Gasteiger partial charge in [0.15, 0.2) is 11.5 Å². The molecule has 0 fully saturated rings. The number of ether oxygens (including phenoxy) is 3. The topological polar surface area (TPSA) is 43.8 Å². The van der Waals surface area contributed by atoms with Crippen molar-refractivity contribution in [2.24, 2.45) is 0 Å². The first kappa shape index (κ1) is 18.8. The Kier molecular flexibility index (Phi) is 5.50. The van der Waals surface area contributed by atoms with Gasteiger partial charge in [0.1, 0.15) is 10.8 Å². The lowest BCUT2D eigenvalue weighted by Crippen LogP contribution is -2.30. The highest BCUT2D eigenvalue weighted by atomic mass is 32.1. The second-order valence-electron chi connectivity index (χ2n) is 6.81. The van der Waals surface area contributed by atoms with Gasteiger partial charge in [-0.15, -0.1) is 11.3 Å². The minimum Gasteiger partial charge on any atom is -0.497 e. The van der Waals surface area contributed by atoms with Crippen LogP contribution in [0.3, 0.4) is 0 Å². The van der Waals surface area contributed by atoms with E-state index in [2.05, 4.69) is 28.5 Å². The summed E-state index contributed by atoms with van der Waals surface area (Å²) in [4.78, 5) is 7.27. The minimum absolute atomic E-state index is 0.789. The summed E-state index contributed by atoms with van der Waals surface area (Å²) >= 11 is 1.68. The van der Waals surface area contributed by atoms with E-state index in [9.17, 15) is 0 Å². The van der Waals surface area contributed by atoms with E-state index >= 15 is 0 Å². The van der Waals surface area contributed by atoms with Crippen molar-refractivity contribution >= 4 is 11.3 Å². The quantitative estimate of drug-likeness (QED) is 0.618. The summed E-state index contributed by atoms with van der Waals surface area (Å²) in [6, 6.07) is 12.3. The molecule has 0 spiro atoms. The van der Waals surface area contributed by atoms with E-state index in [1.165, 1.54) is 11.1 Å². The molecular formula is C22H24N2O3S. The molecule has 6 heteroatoms. The molecule has 2 aromatic carbocycles. The number of aromatic nitrogens is 1. The maximum atomic E-state index is 5.46.